The fourth-order valence-corrected chi connectivity index (χ4v) is 2.61. The Hall–Kier alpha value is -0.730. The molecule has 0 saturated carbocycles. The second-order valence-corrected chi connectivity index (χ2v) is 4.94. The molecule has 3 atom stereocenters. The average molecular weight is 227 g/mol. The molecule has 0 spiro atoms. The zero-order valence-electron chi connectivity index (χ0n) is 11.0. The number of carbonyl (C=O) groups excluding carboxylic acids is 1. The first kappa shape index (κ1) is 13.3. The standard InChI is InChI=1S/C13H25NO2/c1-5-12-9-10(3)7-8-11(4)14(12)13(15)16-6-2/h10-12H,5-9H2,1-4H3. The van der Waals surface area contributed by atoms with Gasteiger partial charge in [0.15, 0.2) is 0 Å². The number of likely N-dealkylation sites (tertiary alicyclic amines) is 1. The summed E-state index contributed by atoms with van der Waals surface area (Å²) in [5, 5.41) is 0. The van der Waals surface area contributed by atoms with Crippen molar-refractivity contribution in [1.82, 2.24) is 4.90 Å². The third kappa shape index (κ3) is 3.13. The predicted octanol–water partition coefficient (Wildman–Crippen LogP) is 3.43. The number of rotatable bonds is 2. The van der Waals surface area contributed by atoms with Crippen LogP contribution in [-0.4, -0.2) is 29.7 Å². The molecule has 1 aliphatic rings. The Morgan fingerprint density at radius 3 is 2.56 bits per heavy atom. The van der Waals surface area contributed by atoms with Gasteiger partial charge in [0.1, 0.15) is 0 Å². The highest BCUT2D eigenvalue weighted by Crippen LogP contribution is 2.28. The summed E-state index contributed by atoms with van der Waals surface area (Å²) in [6.45, 7) is 8.90. The summed E-state index contributed by atoms with van der Waals surface area (Å²) in [7, 11) is 0. The van der Waals surface area contributed by atoms with Gasteiger partial charge in [-0.1, -0.05) is 13.8 Å². The Kier molecular flexibility index (Phi) is 5.10. The highest BCUT2D eigenvalue weighted by atomic mass is 16.6. The molecule has 94 valence electrons. The minimum Gasteiger partial charge on any atom is -0.450 e. The van der Waals surface area contributed by atoms with Crippen LogP contribution in [0.3, 0.4) is 0 Å². The zero-order chi connectivity index (χ0) is 12.1. The van der Waals surface area contributed by atoms with E-state index in [-0.39, 0.29) is 6.09 Å². The maximum atomic E-state index is 11.9. The SMILES string of the molecule is CCOC(=O)N1C(C)CCC(C)CC1CC. The highest BCUT2D eigenvalue weighted by molar-refractivity contribution is 5.68. The Morgan fingerprint density at radius 2 is 2.00 bits per heavy atom. The van der Waals surface area contributed by atoms with Crippen LogP contribution >= 0.6 is 0 Å². The van der Waals surface area contributed by atoms with E-state index in [1.807, 2.05) is 11.8 Å². The zero-order valence-corrected chi connectivity index (χ0v) is 11.0. The van der Waals surface area contributed by atoms with E-state index >= 15 is 0 Å². The molecule has 1 saturated heterocycles. The van der Waals surface area contributed by atoms with E-state index in [1.54, 1.807) is 0 Å². The summed E-state index contributed by atoms with van der Waals surface area (Å²) in [5.41, 5.74) is 0. The molecule has 0 radical (unpaired) electrons. The molecule has 16 heavy (non-hydrogen) atoms. The van der Waals surface area contributed by atoms with E-state index in [1.165, 1.54) is 6.42 Å². The molecule has 1 amide bonds. The summed E-state index contributed by atoms with van der Waals surface area (Å²) in [6.07, 6.45) is 4.31. The van der Waals surface area contributed by atoms with Crippen molar-refractivity contribution in [1.29, 1.82) is 0 Å². The van der Waals surface area contributed by atoms with Gasteiger partial charge in [-0.2, -0.15) is 0 Å². The third-order valence-corrected chi connectivity index (χ3v) is 3.57. The minimum absolute atomic E-state index is 0.129. The molecule has 1 heterocycles. The maximum absolute atomic E-state index is 11.9. The first-order valence-electron chi connectivity index (χ1n) is 6.55. The Balaban J connectivity index is 2.77. The van der Waals surface area contributed by atoms with Crippen LogP contribution in [0.1, 0.15) is 53.4 Å². The van der Waals surface area contributed by atoms with Crippen molar-refractivity contribution in [3.05, 3.63) is 0 Å². The van der Waals surface area contributed by atoms with E-state index in [0.29, 0.717) is 24.6 Å². The third-order valence-electron chi connectivity index (χ3n) is 3.57. The first-order valence-corrected chi connectivity index (χ1v) is 6.55. The van der Waals surface area contributed by atoms with E-state index in [9.17, 15) is 4.79 Å². The molecule has 1 rings (SSSR count). The van der Waals surface area contributed by atoms with Crippen LogP contribution in [0.2, 0.25) is 0 Å². The van der Waals surface area contributed by atoms with Crippen LogP contribution in [0.25, 0.3) is 0 Å². The number of ether oxygens (including phenoxy) is 1. The van der Waals surface area contributed by atoms with E-state index in [2.05, 4.69) is 20.8 Å². The molecule has 0 aromatic rings. The summed E-state index contributed by atoms with van der Waals surface area (Å²) >= 11 is 0. The fraction of sp³-hybridized carbons (Fsp3) is 0.923. The summed E-state index contributed by atoms with van der Waals surface area (Å²) in [6, 6.07) is 0.667. The first-order chi connectivity index (χ1) is 7.60. The largest absolute Gasteiger partial charge is 0.450 e. The van der Waals surface area contributed by atoms with Crippen molar-refractivity contribution >= 4 is 6.09 Å². The summed E-state index contributed by atoms with van der Waals surface area (Å²) in [5.74, 6) is 0.715. The Morgan fingerprint density at radius 1 is 1.31 bits per heavy atom. The van der Waals surface area contributed by atoms with Gasteiger partial charge in [-0.3, -0.25) is 0 Å². The van der Waals surface area contributed by atoms with Gasteiger partial charge in [0.2, 0.25) is 0 Å². The van der Waals surface area contributed by atoms with Crippen LogP contribution in [-0.2, 0) is 4.74 Å². The molecule has 1 fully saturated rings. The van der Waals surface area contributed by atoms with E-state index in [0.717, 1.165) is 19.3 Å². The lowest BCUT2D eigenvalue weighted by molar-refractivity contribution is 0.0717. The molecule has 3 unspecified atom stereocenters. The van der Waals surface area contributed by atoms with Crippen molar-refractivity contribution < 1.29 is 9.53 Å². The molecule has 0 aliphatic carbocycles. The van der Waals surface area contributed by atoms with Gasteiger partial charge in [-0.15, -0.1) is 0 Å². The topological polar surface area (TPSA) is 29.5 Å². The summed E-state index contributed by atoms with van der Waals surface area (Å²) in [4.78, 5) is 13.9. The molecule has 3 heteroatoms. The van der Waals surface area contributed by atoms with Gasteiger partial charge in [0.25, 0.3) is 0 Å². The second kappa shape index (κ2) is 6.12. The lowest BCUT2D eigenvalue weighted by atomic mass is 9.97. The smallest absolute Gasteiger partial charge is 0.410 e. The number of hydrogen-bond acceptors (Lipinski definition) is 2. The van der Waals surface area contributed by atoms with Crippen LogP contribution < -0.4 is 0 Å². The quantitative estimate of drug-likeness (QED) is 0.723. The van der Waals surface area contributed by atoms with Crippen molar-refractivity contribution in [2.24, 2.45) is 5.92 Å². The molecule has 0 N–H and O–H groups in total. The van der Waals surface area contributed by atoms with Gasteiger partial charge >= 0.3 is 6.09 Å². The molecule has 3 nitrogen and oxygen atoms in total. The van der Waals surface area contributed by atoms with Crippen molar-refractivity contribution in [3.63, 3.8) is 0 Å². The Bertz CT molecular complexity index is 230. The molecular formula is C13H25NO2. The Labute approximate surface area is 99.1 Å². The summed E-state index contributed by atoms with van der Waals surface area (Å²) < 4.78 is 5.16. The predicted molar refractivity (Wildman–Crippen MR) is 65.4 cm³/mol. The van der Waals surface area contributed by atoms with Crippen molar-refractivity contribution in [2.45, 2.75) is 65.5 Å². The minimum atomic E-state index is -0.129. The van der Waals surface area contributed by atoms with Crippen molar-refractivity contribution in [2.75, 3.05) is 6.61 Å². The monoisotopic (exact) mass is 227 g/mol. The average Bonchev–Trinajstić information content (AvgIpc) is 2.38. The van der Waals surface area contributed by atoms with Gasteiger partial charge in [-0.25, -0.2) is 4.79 Å². The molecule has 0 bridgehead atoms. The number of nitrogens with zero attached hydrogens (tertiary/aromatic N) is 1. The van der Waals surface area contributed by atoms with Crippen LogP contribution in [0.15, 0.2) is 0 Å². The number of amides is 1. The lowest BCUT2D eigenvalue weighted by Gasteiger charge is -2.33. The van der Waals surface area contributed by atoms with Crippen molar-refractivity contribution in [3.8, 4) is 0 Å². The number of hydrogen-bond donors (Lipinski definition) is 0. The highest BCUT2D eigenvalue weighted by Gasteiger charge is 2.32. The van der Waals surface area contributed by atoms with E-state index < -0.39 is 0 Å². The molecule has 0 aromatic carbocycles. The van der Waals surface area contributed by atoms with Gasteiger partial charge in [0.05, 0.1) is 6.61 Å². The van der Waals surface area contributed by atoms with Gasteiger partial charge in [0, 0.05) is 12.1 Å². The fourth-order valence-electron chi connectivity index (χ4n) is 2.61. The van der Waals surface area contributed by atoms with Crippen LogP contribution in [0, 0.1) is 5.92 Å². The molecular weight excluding hydrogens is 202 g/mol. The molecule has 0 aromatic heterocycles. The second-order valence-electron chi connectivity index (χ2n) is 4.94. The maximum Gasteiger partial charge on any atom is 0.410 e. The van der Waals surface area contributed by atoms with Gasteiger partial charge in [-0.05, 0) is 45.4 Å². The number of carbonyl (C=O) groups is 1. The normalized spacial score (nSPS) is 31.0. The lowest BCUT2D eigenvalue weighted by Crippen LogP contribution is -2.45. The molecule has 1 aliphatic heterocycles. The van der Waals surface area contributed by atoms with E-state index in [4.69, 9.17) is 4.74 Å². The van der Waals surface area contributed by atoms with Gasteiger partial charge < -0.3 is 9.64 Å². The van der Waals surface area contributed by atoms with Crippen LogP contribution in [0.5, 0.6) is 0 Å². The van der Waals surface area contributed by atoms with Crippen LogP contribution in [0.4, 0.5) is 4.79 Å².